The molecule has 26 heavy (non-hydrogen) atoms. The van der Waals surface area contributed by atoms with E-state index in [1.807, 2.05) is 0 Å². The SMILES string of the molecule is C[C@H]1[C@@H](NC(=O)[C@@H](C)OC(=O)/C=C/c2ccc([N+](=O)[O-])o2)CCC[C@@H]1C. The summed E-state index contributed by atoms with van der Waals surface area (Å²) in [5.41, 5.74) is 0. The second-order valence-electron chi connectivity index (χ2n) is 6.73. The Morgan fingerprint density at radius 2 is 2.12 bits per heavy atom. The van der Waals surface area contributed by atoms with Crippen LogP contribution in [0, 0.1) is 22.0 Å². The Labute approximate surface area is 151 Å². The van der Waals surface area contributed by atoms with Gasteiger partial charge in [0, 0.05) is 12.1 Å². The summed E-state index contributed by atoms with van der Waals surface area (Å²) in [6.45, 7) is 5.81. The molecule has 0 saturated heterocycles. The average molecular weight is 364 g/mol. The van der Waals surface area contributed by atoms with Crippen LogP contribution in [0.25, 0.3) is 6.08 Å². The lowest BCUT2D eigenvalue weighted by molar-refractivity contribution is -0.402. The highest BCUT2D eigenvalue weighted by Crippen LogP contribution is 2.29. The molecule has 0 bridgehead atoms. The highest BCUT2D eigenvalue weighted by Gasteiger charge is 2.29. The topological polar surface area (TPSA) is 112 Å². The molecule has 2 rings (SSSR count). The number of nitro groups is 1. The second-order valence-corrected chi connectivity index (χ2v) is 6.73. The molecule has 1 aromatic rings. The van der Waals surface area contributed by atoms with E-state index in [9.17, 15) is 19.7 Å². The van der Waals surface area contributed by atoms with E-state index >= 15 is 0 Å². The number of nitrogens with zero attached hydrogens (tertiary/aromatic N) is 1. The van der Waals surface area contributed by atoms with Crippen LogP contribution in [0.4, 0.5) is 5.88 Å². The van der Waals surface area contributed by atoms with Gasteiger partial charge in [0.1, 0.15) is 10.7 Å². The molecule has 1 amide bonds. The van der Waals surface area contributed by atoms with Crippen LogP contribution in [0.3, 0.4) is 0 Å². The third-order valence-electron chi connectivity index (χ3n) is 4.87. The lowest BCUT2D eigenvalue weighted by Crippen LogP contribution is -2.47. The van der Waals surface area contributed by atoms with Gasteiger partial charge in [0.05, 0.1) is 6.07 Å². The van der Waals surface area contributed by atoms with Gasteiger partial charge in [0.25, 0.3) is 5.91 Å². The van der Waals surface area contributed by atoms with E-state index in [0.717, 1.165) is 25.3 Å². The van der Waals surface area contributed by atoms with Crippen LogP contribution in [-0.2, 0) is 14.3 Å². The van der Waals surface area contributed by atoms with Gasteiger partial charge in [-0.2, -0.15) is 0 Å². The fraction of sp³-hybridized carbons (Fsp3) is 0.556. The standard InChI is InChI=1S/C18H24N2O6/c1-11-5-4-6-15(12(11)2)19-18(22)13(3)25-17(21)10-8-14-7-9-16(26-14)20(23)24/h7-13,15H,4-6H2,1-3H3,(H,19,22)/b10-8+/t11-,12+,13+,15-/m0/s1. The zero-order chi connectivity index (χ0) is 19.3. The fourth-order valence-electron chi connectivity index (χ4n) is 3.03. The molecule has 1 aliphatic rings. The van der Waals surface area contributed by atoms with Crippen LogP contribution in [0.5, 0.6) is 0 Å². The van der Waals surface area contributed by atoms with Crippen molar-refractivity contribution in [2.45, 2.75) is 52.2 Å². The van der Waals surface area contributed by atoms with E-state index in [-0.39, 0.29) is 17.7 Å². The number of carbonyl (C=O) groups is 2. The molecule has 1 heterocycles. The Morgan fingerprint density at radius 1 is 1.38 bits per heavy atom. The van der Waals surface area contributed by atoms with Gasteiger partial charge in [0.15, 0.2) is 6.10 Å². The third-order valence-corrected chi connectivity index (χ3v) is 4.87. The Balaban J connectivity index is 1.84. The number of carbonyl (C=O) groups excluding carboxylic acids is 2. The molecule has 142 valence electrons. The quantitative estimate of drug-likeness (QED) is 0.359. The van der Waals surface area contributed by atoms with Crippen molar-refractivity contribution in [2.24, 2.45) is 11.8 Å². The zero-order valence-electron chi connectivity index (χ0n) is 15.1. The lowest BCUT2D eigenvalue weighted by atomic mass is 9.78. The number of nitrogens with one attached hydrogen (secondary N) is 1. The smallest absolute Gasteiger partial charge is 0.433 e. The molecule has 1 saturated carbocycles. The van der Waals surface area contributed by atoms with Crippen LogP contribution in [0.2, 0.25) is 0 Å². The Hall–Kier alpha value is -2.64. The molecule has 8 heteroatoms. The van der Waals surface area contributed by atoms with Gasteiger partial charge in [-0.1, -0.05) is 26.7 Å². The number of amides is 1. The van der Waals surface area contributed by atoms with Crippen molar-refractivity contribution >= 4 is 23.8 Å². The van der Waals surface area contributed by atoms with Crippen molar-refractivity contribution in [1.29, 1.82) is 0 Å². The number of ether oxygens (including phenoxy) is 1. The molecule has 4 atom stereocenters. The molecule has 0 aromatic carbocycles. The summed E-state index contributed by atoms with van der Waals surface area (Å²) in [7, 11) is 0. The first kappa shape index (κ1) is 19.7. The molecule has 0 aliphatic heterocycles. The zero-order valence-corrected chi connectivity index (χ0v) is 15.1. The number of rotatable bonds is 6. The number of esters is 1. The minimum Gasteiger partial charge on any atom is -0.449 e. The van der Waals surface area contributed by atoms with Crippen LogP contribution in [0.1, 0.15) is 45.8 Å². The Kier molecular flexibility index (Phi) is 6.54. The normalized spacial score (nSPS) is 24.2. The van der Waals surface area contributed by atoms with Gasteiger partial charge in [-0.3, -0.25) is 14.9 Å². The molecule has 1 fully saturated rings. The average Bonchev–Trinajstić information content (AvgIpc) is 3.06. The molecule has 1 aliphatic carbocycles. The lowest BCUT2D eigenvalue weighted by Gasteiger charge is -2.35. The summed E-state index contributed by atoms with van der Waals surface area (Å²) in [6, 6.07) is 2.64. The van der Waals surface area contributed by atoms with Crippen molar-refractivity contribution in [3.05, 3.63) is 34.1 Å². The highest BCUT2D eigenvalue weighted by molar-refractivity contribution is 5.90. The van der Waals surface area contributed by atoms with Crippen molar-refractivity contribution in [1.82, 2.24) is 5.32 Å². The first-order valence-electron chi connectivity index (χ1n) is 8.71. The maximum atomic E-state index is 12.2. The van der Waals surface area contributed by atoms with E-state index < -0.39 is 22.9 Å². The summed E-state index contributed by atoms with van der Waals surface area (Å²) >= 11 is 0. The largest absolute Gasteiger partial charge is 0.449 e. The Morgan fingerprint density at radius 3 is 2.77 bits per heavy atom. The van der Waals surface area contributed by atoms with Crippen LogP contribution in [0.15, 0.2) is 22.6 Å². The summed E-state index contributed by atoms with van der Waals surface area (Å²) < 4.78 is 9.98. The molecular weight excluding hydrogens is 340 g/mol. The van der Waals surface area contributed by atoms with Crippen molar-refractivity contribution in [3.63, 3.8) is 0 Å². The summed E-state index contributed by atoms with van der Waals surface area (Å²) in [5.74, 6) is -0.391. The second kappa shape index (κ2) is 8.64. The summed E-state index contributed by atoms with van der Waals surface area (Å²) in [4.78, 5) is 33.9. The van der Waals surface area contributed by atoms with Crippen LogP contribution < -0.4 is 5.32 Å². The number of hydrogen-bond donors (Lipinski definition) is 1. The van der Waals surface area contributed by atoms with Gasteiger partial charge < -0.3 is 14.5 Å². The van der Waals surface area contributed by atoms with E-state index in [1.165, 1.54) is 25.1 Å². The minimum atomic E-state index is -0.928. The first-order chi connectivity index (χ1) is 12.3. The summed E-state index contributed by atoms with van der Waals surface area (Å²) in [5, 5.41) is 13.5. The monoisotopic (exact) mass is 364 g/mol. The van der Waals surface area contributed by atoms with Gasteiger partial charge in [-0.25, -0.2) is 4.79 Å². The van der Waals surface area contributed by atoms with E-state index in [4.69, 9.17) is 9.15 Å². The van der Waals surface area contributed by atoms with Gasteiger partial charge >= 0.3 is 11.9 Å². The molecule has 0 radical (unpaired) electrons. The first-order valence-corrected chi connectivity index (χ1v) is 8.71. The van der Waals surface area contributed by atoms with E-state index in [2.05, 4.69) is 19.2 Å². The molecule has 0 unspecified atom stereocenters. The highest BCUT2D eigenvalue weighted by atomic mass is 16.6. The van der Waals surface area contributed by atoms with Crippen LogP contribution in [-0.4, -0.2) is 28.9 Å². The fourth-order valence-corrected chi connectivity index (χ4v) is 3.03. The number of furan rings is 1. The molecular formula is C18H24N2O6. The van der Waals surface area contributed by atoms with Gasteiger partial charge in [-0.05, 0) is 37.3 Å². The van der Waals surface area contributed by atoms with Crippen molar-refractivity contribution in [2.75, 3.05) is 0 Å². The summed E-state index contributed by atoms with van der Waals surface area (Å²) in [6.07, 6.45) is 4.55. The molecule has 0 spiro atoms. The number of hydrogen-bond acceptors (Lipinski definition) is 6. The van der Waals surface area contributed by atoms with Crippen LogP contribution >= 0.6 is 0 Å². The minimum absolute atomic E-state index is 0.0895. The predicted molar refractivity (Wildman–Crippen MR) is 94.1 cm³/mol. The van der Waals surface area contributed by atoms with Crippen molar-refractivity contribution in [3.8, 4) is 0 Å². The predicted octanol–water partition coefficient (Wildman–Crippen LogP) is 3.07. The van der Waals surface area contributed by atoms with E-state index in [0.29, 0.717) is 11.8 Å². The molecule has 1 N–H and O–H groups in total. The van der Waals surface area contributed by atoms with Gasteiger partial charge in [-0.15, -0.1) is 0 Å². The maximum Gasteiger partial charge on any atom is 0.433 e. The Bertz CT molecular complexity index is 696. The molecule has 1 aromatic heterocycles. The van der Waals surface area contributed by atoms with Crippen molar-refractivity contribution < 1.29 is 23.7 Å². The third kappa shape index (κ3) is 5.18. The van der Waals surface area contributed by atoms with E-state index in [1.54, 1.807) is 0 Å². The van der Waals surface area contributed by atoms with Gasteiger partial charge in [0.2, 0.25) is 0 Å². The molecule has 8 nitrogen and oxygen atoms in total. The maximum absolute atomic E-state index is 12.2.